The summed E-state index contributed by atoms with van der Waals surface area (Å²) in [6.45, 7) is 5.11. The molecule has 2 N–H and O–H groups in total. The molecule has 3 rings (SSSR count). The molecule has 0 saturated heterocycles. The average Bonchev–Trinajstić information content (AvgIpc) is 3.19. The van der Waals surface area contributed by atoms with E-state index in [1.807, 2.05) is 12.3 Å². The highest BCUT2D eigenvalue weighted by Crippen LogP contribution is 2.39. The van der Waals surface area contributed by atoms with Crippen molar-refractivity contribution in [1.82, 2.24) is 14.7 Å². The second kappa shape index (κ2) is 4.62. The fraction of sp³-hybridized carbons (Fsp3) is 0.533. The Kier molecular flexibility index (Phi) is 3.07. The monoisotopic (exact) mass is 259 g/mol. The molecule has 1 unspecified atom stereocenters. The van der Waals surface area contributed by atoms with Crippen LogP contribution in [0.25, 0.3) is 5.65 Å². The Morgan fingerprint density at radius 2 is 2.26 bits per heavy atom. The van der Waals surface area contributed by atoms with Crippen LogP contribution in [-0.2, 0) is 6.54 Å². The maximum atomic E-state index is 9.60. The van der Waals surface area contributed by atoms with Crippen LogP contribution in [0, 0.1) is 12.8 Å². The van der Waals surface area contributed by atoms with Crippen molar-refractivity contribution in [2.24, 2.45) is 5.92 Å². The molecular weight excluding hydrogens is 238 g/mol. The van der Waals surface area contributed by atoms with Gasteiger partial charge in [0.05, 0.1) is 18.5 Å². The summed E-state index contributed by atoms with van der Waals surface area (Å²) in [5.74, 6) is 0.610. The number of nitrogens with one attached hydrogen (secondary N) is 1. The summed E-state index contributed by atoms with van der Waals surface area (Å²) >= 11 is 0. The maximum absolute atomic E-state index is 9.60. The Morgan fingerprint density at radius 1 is 1.47 bits per heavy atom. The van der Waals surface area contributed by atoms with E-state index in [-0.39, 0.29) is 12.1 Å². The number of hydrogen-bond acceptors (Lipinski definition) is 3. The van der Waals surface area contributed by atoms with Gasteiger partial charge >= 0.3 is 0 Å². The van der Waals surface area contributed by atoms with Crippen molar-refractivity contribution in [3.05, 3.63) is 35.8 Å². The lowest BCUT2D eigenvalue weighted by atomic mass is 9.97. The van der Waals surface area contributed by atoms with Crippen LogP contribution in [0.15, 0.2) is 24.5 Å². The van der Waals surface area contributed by atoms with Crippen molar-refractivity contribution in [3.63, 3.8) is 0 Å². The zero-order valence-corrected chi connectivity index (χ0v) is 11.6. The third-order valence-electron chi connectivity index (χ3n) is 4.21. The Balaban J connectivity index is 1.79. The quantitative estimate of drug-likeness (QED) is 0.862. The maximum Gasteiger partial charge on any atom is 0.136 e. The summed E-state index contributed by atoms with van der Waals surface area (Å²) < 4.78 is 2.12. The number of hydrogen-bond donors (Lipinski definition) is 2. The van der Waals surface area contributed by atoms with Crippen molar-refractivity contribution in [2.75, 3.05) is 6.61 Å². The van der Waals surface area contributed by atoms with Crippen LogP contribution in [-0.4, -0.2) is 26.6 Å². The van der Waals surface area contributed by atoms with Gasteiger partial charge in [-0.05, 0) is 44.2 Å². The van der Waals surface area contributed by atoms with E-state index in [0.717, 1.165) is 17.9 Å². The summed E-state index contributed by atoms with van der Waals surface area (Å²) in [4.78, 5) is 4.41. The van der Waals surface area contributed by atoms with Gasteiger partial charge in [0, 0.05) is 18.3 Å². The van der Waals surface area contributed by atoms with Gasteiger partial charge in [-0.2, -0.15) is 0 Å². The first kappa shape index (κ1) is 12.6. The third-order valence-corrected chi connectivity index (χ3v) is 4.21. The summed E-state index contributed by atoms with van der Waals surface area (Å²) in [6, 6.07) is 4.10. The number of pyridine rings is 1. The minimum Gasteiger partial charge on any atom is -0.394 e. The van der Waals surface area contributed by atoms with E-state index in [9.17, 15) is 5.11 Å². The molecule has 1 aliphatic carbocycles. The minimum atomic E-state index is -0.159. The predicted molar refractivity (Wildman–Crippen MR) is 75.0 cm³/mol. The first-order valence-electron chi connectivity index (χ1n) is 6.91. The third kappa shape index (κ3) is 2.38. The van der Waals surface area contributed by atoms with Crippen molar-refractivity contribution < 1.29 is 5.11 Å². The number of nitrogens with zero attached hydrogens (tertiary/aromatic N) is 2. The predicted octanol–water partition coefficient (Wildman–Crippen LogP) is 1.89. The summed E-state index contributed by atoms with van der Waals surface area (Å²) in [6.07, 6.45) is 6.45. The number of rotatable bonds is 5. The molecule has 0 bridgehead atoms. The molecule has 0 aromatic carbocycles. The molecule has 2 aromatic rings. The first-order valence-corrected chi connectivity index (χ1v) is 6.91. The number of fused-ring (bicyclic) bond motifs is 1. The van der Waals surface area contributed by atoms with Gasteiger partial charge in [0.2, 0.25) is 0 Å². The van der Waals surface area contributed by atoms with E-state index < -0.39 is 0 Å². The van der Waals surface area contributed by atoms with Crippen molar-refractivity contribution >= 4 is 5.65 Å². The van der Waals surface area contributed by atoms with Crippen LogP contribution in [0.5, 0.6) is 0 Å². The fourth-order valence-corrected chi connectivity index (χ4v) is 2.61. The van der Waals surface area contributed by atoms with Crippen LogP contribution >= 0.6 is 0 Å². The molecule has 1 atom stereocenters. The molecule has 102 valence electrons. The van der Waals surface area contributed by atoms with Gasteiger partial charge in [-0.1, -0.05) is 6.07 Å². The second-order valence-corrected chi connectivity index (χ2v) is 5.89. The molecule has 1 aliphatic rings. The topological polar surface area (TPSA) is 49.6 Å². The summed E-state index contributed by atoms with van der Waals surface area (Å²) in [5, 5.41) is 13.1. The van der Waals surface area contributed by atoms with Crippen LogP contribution in [0.3, 0.4) is 0 Å². The lowest BCUT2D eigenvalue weighted by Gasteiger charge is -2.28. The van der Waals surface area contributed by atoms with Crippen molar-refractivity contribution in [2.45, 2.75) is 38.8 Å². The van der Waals surface area contributed by atoms with Crippen molar-refractivity contribution in [3.8, 4) is 0 Å². The first-order chi connectivity index (χ1) is 9.12. The Labute approximate surface area is 113 Å². The zero-order chi connectivity index (χ0) is 13.5. The molecule has 1 saturated carbocycles. The van der Waals surface area contributed by atoms with Crippen molar-refractivity contribution in [1.29, 1.82) is 0 Å². The molecule has 0 aliphatic heterocycles. The zero-order valence-electron chi connectivity index (χ0n) is 11.6. The van der Waals surface area contributed by atoms with E-state index in [2.05, 4.69) is 40.8 Å². The standard InChI is InChI=1S/C15H21N3O/c1-11-3-6-14-16-7-13(18(14)9-11)8-17-15(2,10-19)12-4-5-12/h3,6-7,9,12,17,19H,4-5,8,10H2,1-2H3. The molecule has 2 aromatic heterocycles. The lowest BCUT2D eigenvalue weighted by Crippen LogP contribution is -2.47. The number of imidazole rings is 1. The molecule has 19 heavy (non-hydrogen) atoms. The van der Waals surface area contributed by atoms with E-state index in [1.54, 1.807) is 0 Å². The number of aliphatic hydroxyl groups is 1. The SMILES string of the molecule is Cc1ccc2ncc(CNC(C)(CO)C3CC3)n2c1. The Morgan fingerprint density at radius 3 is 2.95 bits per heavy atom. The van der Waals surface area contributed by atoms with Crippen LogP contribution in [0.2, 0.25) is 0 Å². The minimum absolute atomic E-state index is 0.159. The molecule has 0 radical (unpaired) electrons. The number of aliphatic hydroxyl groups excluding tert-OH is 1. The molecule has 2 heterocycles. The van der Waals surface area contributed by atoms with Crippen LogP contribution < -0.4 is 5.32 Å². The van der Waals surface area contributed by atoms with E-state index in [1.165, 1.54) is 18.4 Å². The molecule has 4 heteroatoms. The summed E-state index contributed by atoms with van der Waals surface area (Å²) in [7, 11) is 0. The van der Waals surface area contributed by atoms with Gasteiger partial charge < -0.3 is 14.8 Å². The van der Waals surface area contributed by atoms with E-state index >= 15 is 0 Å². The Hall–Kier alpha value is -1.39. The summed E-state index contributed by atoms with van der Waals surface area (Å²) in [5.41, 5.74) is 3.17. The van der Waals surface area contributed by atoms with Gasteiger partial charge in [-0.15, -0.1) is 0 Å². The van der Waals surface area contributed by atoms with E-state index in [4.69, 9.17) is 0 Å². The Bertz CT molecular complexity index is 588. The largest absolute Gasteiger partial charge is 0.394 e. The van der Waals surface area contributed by atoms with Gasteiger partial charge in [-0.3, -0.25) is 0 Å². The van der Waals surface area contributed by atoms with Crippen LogP contribution in [0.4, 0.5) is 0 Å². The molecule has 1 fully saturated rings. The van der Waals surface area contributed by atoms with Gasteiger partial charge in [0.15, 0.2) is 0 Å². The van der Waals surface area contributed by atoms with Gasteiger partial charge in [0.25, 0.3) is 0 Å². The molecular formula is C15H21N3O. The lowest BCUT2D eigenvalue weighted by molar-refractivity contribution is 0.153. The number of aromatic nitrogens is 2. The molecule has 0 amide bonds. The van der Waals surface area contributed by atoms with E-state index in [0.29, 0.717) is 5.92 Å². The van der Waals surface area contributed by atoms with Crippen LogP contribution in [0.1, 0.15) is 31.0 Å². The smallest absolute Gasteiger partial charge is 0.136 e. The molecule has 4 nitrogen and oxygen atoms in total. The highest BCUT2D eigenvalue weighted by molar-refractivity contribution is 5.41. The van der Waals surface area contributed by atoms with Gasteiger partial charge in [-0.25, -0.2) is 4.98 Å². The highest BCUT2D eigenvalue weighted by atomic mass is 16.3. The van der Waals surface area contributed by atoms with Gasteiger partial charge in [0.1, 0.15) is 5.65 Å². The average molecular weight is 259 g/mol. The fourth-order valence-electron chi connectivity index (χ4n) is 2.61. The second-order valence-electron chi connectivity index (χ2n) is 5.89. The highest BCUT2D eigenvalue weighted by Gasteiger charge is 2.40. The number of aryl methyl sites for hydroxylation is 1. The normalized spacial score (nSPS) is 18.7. The molecule has 0 spiro atoms.